The van der Waals surface area contributed by atoms with E-state index in [1.807, 2.05) is 0 Å². The average Bonchev–Trinajstić information content (AvgIpc) is 2.40. The van der Waals surface area contributed by atoms with Crippen LogP contribution in [0.15, 0.2) is 47.5 Å². The number of amides is 1. The molecule has 0 unspecified atom stereocenters. The fraction of sp³-hybridized carbons (Fsp3) is 0.0769. The lowest BCUT2D eigenvalue weighted by Gasteiger charge is -2.10. The minimum atomic E-state index is -3.82. The molecule has 2 aromatic rings. The van der Waals surface area contributed by atoms with Crippen molar-refractivity contribution < 1.29 is 13.2 Å². The van der Waals surface area contributed by atoms with Gasteiger partial charge in [-0.2, -0.15) is 0 Å². The van der Waals surface area contributed by atoms with Crippen molar-refractivity contribution in [3.05, 3.63) is 53.9 Å². The second-order valence-corrected chi connectivity index (χ2v) is 5.67. The summed E-state index contributed by atoms with van der Waals surface area (Å²) in [5, 5.41) is 7.73. The lowest BCUT2D eigenvalue weighted by molar-refractivity contribution is 0.102. The molecule has 0 bridgehead atoms. The number of carbonyl (C=O) groups is 1. The first-order valence-electron chi connectivity index (χ1n) is 5.74. The predicted octanol–water partition coefficient (Wildman–Crippen LogP) is 1.29. The molecule has 0 atom stereocenters. The van der Waals surface area contributed by atoms with Gasteiger partial charge in [-0.05, 0) is 36.8 Å². The Bertz CT molecular complexity index is 743. The molecule has 104 valence electrons. The van der Waals surface area contributed by atoms with E-state index in [2.05, 4.69) is 10.3 Å². The third kappa shape index (κ3) is 3.01. The highest BCUT2D eigenvalue weighted by atomic mass is 32.2. The quantitative estimate of drug-likeness (QED) is 0.889. The van der Waals surface area contributed by atoms with Crippen LogP contribution in [0.2, 0.25) is 0 Å². The van der Waals surface area contributed by atoms with Gasteiger partial charge in [0, 0.05) is 11.9 Å². The van der Waals surface area contributed by atoms with Crippen LogP contribution in [0.25, 0.3) is 0 Å². The van der Waals surface area contributed by atoms with Crippen molar-refractivity contribution >= 4 is 21.6 Å². The first-order valence-corrected chi connectivity index (χ1v) is 7.29. The Kier molecular flexibility index (Phi) is 3.82. The molecule has 1 heterocycles. The molecule has 1 aromatic heterocycles. The van der Waals surface area contributed by atoms with E-state index < -0.39 is 15.9 Å². The van der Waals surface area contributed by atoms with Crippen LogP contribution in [0, 0.1) is 6.92 Å². The summed E-state index contributed by atoms with van der Waals surface area (Å²) in [4.78, 5) is 15.9. The van der Waals surface area contributed by atoms with E-state index in [1.54, 1.807) is 31.2 Å². The maximum absolute atomic E-state index is 12.0. The zero-order chi connectivity index (χ0) is 14.8. The van der Waals surface area contributed by atoms with Crippen molar-refractivity contribution in [3.8, 4) is 0 Å². The summed E-state index contributed by atoms with van der Waals surface area (Å²) >= 11 is 0. The third-order valence-electron chi connectivity index (χ3n) is 2.74. The lowest BCUT2D eigenvalue weighted by Crippen LogP contribution is -2.17. The number of nitrogens with zero attached hydrogens (tertiary/aromatic N) is 1. The highest BCUT2D eigenvalue weighted by molar-refractivity contribution is 7.89. The number of nitrogens with two attached hydrogens (primary N) is 1. The smallest absolute Gasteiger partial charge is 0.274 e. The van der Waals surface area contributed by atoms with Gasteiger partial charge in [-0.15, -0.1) is 0 Å². The molecule has 1 amide bonds. The summed E-state index contributed by atoms with van der Waals surface area (Å²) in [6.45, 7) is 1.58. The molecule has 0 aliphatic heterocycles. The molecular formula is C13H13N3O3S. The molecule has 0 spiro atoms. The normalized spacial score (nSPS) is 11.1. The largest absolute Gasteiger partial charge is 0.320 e. The van der Waals surface area contributed by atoms with E-state index in [0.29, 0.717) is 11.3 Å². The molecule has 20 heavy (non-hydrogen) atoms. The summed E-state index contributed by atoms with van der Waals surface area (Å²) in [6, 6.07) is 9.46. The van der Waals surface area contributed by atoms with Crippen LogP contribution in [0.3, 0.4) is 0 Å². The number of primary sulfonamides is 1. The van der Waals surface area contributed by atoms with Crippen LogP contribution < -0.4 is 10.5 Å². The van der Waals surface area contributed by atoms with E-state index in [4.69, 9.17) is 5.14 Å². The average molecular weight is 291 g/mol. The number of sulfonamides is 1. The van der Waals surface area contributed by atoms with E-state index >= 15 is 0 Å². The van der Waals surface area contributed by atoms with Crippen molar-refractivity contribution in [1.82, 2.24) is 4.98 Å². The van der Waals surface area contributed by atoms with E-state index in [1.165, 1.54) is 18.3 Å². The highest BCUT2D eigenvalue weighted by Gasteiger charge is 2.15. The number of hydrogen-bond donors (Lipinski definition) is 2. The minimum absolute atomic E-state index is 0.0173. The second kappa shape index (κ2) is 5.40. The van der Waals surface area contributed by atoms with Gasteiger partial charge < -0.3 is 5.32 Å². The zero-order valence-corrected chi connectivity index (χ0v) is 11.5. The maximum Gasteiger partial charge on any atom is 0.274 e. The Morgan fingerprint density at radius 2 is 1.95 bits per heavy atom. The van der Waals surface area contributed by atoms with Crippen LogP contribution in [-0.4, -0.2) is 19.3 Å². The number of carbonyl (C=O) groups excluding carboxylic acids is 1. The van der Waals surface area contributed by atoms with E-state index in [0.717, 1.165) is 0 Å². The first kappa shape index (κ1) is 14.2. The molecule has 0 radical (unpaired) electrons. The van der Waals surface area contributed by atoms with Gasteiger partial charge in [0.05, 0.1) is 4.90 Å². The molecular weight excluding hydrogens is 278 g/mol. The third-order valence-corrected chi connectivity index (χ3v) is 3.79. The summed E-state index contributed by atoms with van der Waals surface area (Å²) in [5.74, 6) is -0.416. The minimum Gasteiger partial charge on any atom is -0.320 e. The molecule has 0 aliphatic rings. The molecule has 0 saturated carbocycles. The maximum atomic E-state index is 12.0. The topological polar surface area (TPSA) is 102 Å². The van der Waals surface area contributed by atoms with E-state index in [9.17, 15) is 13.2 Å². The predicted molar refractivity (Wildman–Crippen MR) is 74.7 cm³/mol. The SMILES string of the molecule is Cc1c(NC(=O)c2ccccn2)cccc1S(N)(=O)=O. The Morgan fingerprint density at radius 1 is 1.20 bits per heavy atom. The van der Waals surface area contributed by atoms with Crippen molar-refractivity contribution in [3.63, 3.8) is 0 Å². The Labute approximate surface area is 116 Å². The number of nitrogens with one attached hydrogen (secondary N) is 1. The van der Waals surface area contributed by atoms with Gasteiger partial charge in [-0.25, -0.2) is 13.6 Å². The molecule has 2 rings (SSSR count). The summed E-state index contributed by atoms with van der Waals surface area (Å²) in [7, 11) is -3.82. The van der Waals surface area contributed by atoms with Crippen LogP contribution in [0.4, 0.5) is 5.69 Å². The molecule has 3 N–H and O–H groups in total. The fourth-order valence-electron chi connectivity index (χ4n) is 1.74. The van der Waals surface area contributed by atoms with Crippen LogP contribution in [0.1, 0.15) is 16.1 Å². The van der Waals surface area contributed by atoms with Gasteiger partial charge >= 0.3 is 0 Å². The number of pyridine rings is 1. The first-order chi connectivity index (χ1) is 9.39. The van der Waals surface area contributed by atoms with Gasteiger partial charge in [-0.1, -0.05) is 12.1 Å². The van der Waals surface area contributed by atoms with Crippen molar-refractivity contribution in [2.75, 3.05) is 5.32 Å². The van der Waals surface area contributed by atoms with Crippen LogP contribution in [-0.2, 0) is 10.0 Å². The molecule has 7 heteroatoms. The monoisotopic (exact) mass is 291 g/mol. The Hall–Kier alpha value is -2.25. The molecule has 0 aliphatic carbocycles. The van der Waals surface area contributed by atoms with Crippen LogP contribution >= 0.6 is 0 Å². The van der Waals surface area contributed by atoms with Crippen LogP contribution in [0.5, 0.6) is 0 Å². The fourth-order valence-corrected chi connectivity index (χ4v) is 2.55. The Morgan fingerprint density at radius 3 is 2.55 bits per heavy atom. The highest BCUT2D eigenvalue weighted by Crippen LogP contribution is 2.22. The van der Waals surface area contributed by atoms with E-state index in [-0.39, 0.29) is 10.6 Å². The number of anilines is 1. The number of hydrogen-bond acceptors (Lipinski definition) is 4. The van der Waals surface area contributed by atoms with Gasteiger partial charge in [0.25, 0.3) is 5.91 Å². The van der Waals surface area contributed by atoms with Gasteiger partial charge in [0.15, 0.2) is 0 Å². The van der Waals surface area contributed by atoms with Gasteiger partial charge in [0.2, 0.25) is 10.0 Å². The van der Waals surface area contributed by atoms with Crippen molar-refractivity contribution in [2.45, 2.75) is 11.8 Å². The van der Waals surface area contributed by atoms with Gasteiger partial charge in [-0.3, -0.25) is 9.78 Å². The van der Waals surface area contributed by atoms with Crippen molar-refractivity contribution in [1.29, 1.82) is 0 Å². The second-order valence-electron chi connectivity index (χ2n) is 4.14. The summed E-state index contributed by atoms with van der Waals surface area (Å²) in [5.41, 5.74) is 1.01. The summed E-state index contributed by atoms with van der Waals surface area (Å²) < 4.78 is 22.8. The molecule has 0 saturated heterocycles. The number of rotatable bonds is 3. The molecule has 0 fully saturated rings. The summed E-state index contributed by atoms with van der Waals surface area (Å²) in [6.07, 6.45) is 1.50. The number of aromatic nitrogens is 1. The number of benzene rings is 1. The molecule has 1 aromatic carbocycles. The Balaban J connectivity index is 2.34. The van der Waals surface area contributed by atoms with Gasteiger partial charge in [0.1, 0.15) is 5.69 Å². The zero-order valence-electron chi connectivity index (χ0n) is 10.7. The standard InChI is InChI=1S/C13H13N3O3S/c1-9-10(6-4-7-12(9)20(14,18)19)16-13(17)11-5-2-3-8-15-11/h2-8H,1H3,(H,16,17)(H2,14,18,19). The van der Waals surface area contributed by atoms with Crippen molar-refractivity contribution in [2.24, 2.45) is 5.14 Å². The lowest BCUT2D eigenvalue weighted by atomic mass is 10.2. The molecule has 6 nitrogen and oxygen atoms in total.